The van der Waals surface area contributed by atoms with Gasteiger partial charge in [0.25, 0.3) is 0 Å². The molecule has 5 heteroatoms. The summed E-state index contributed by atoms with van der Waals surface area (Å²) in [5, 5.41) is 0. The zero-order valence-electron chi connectivity index (χ0n) is 11.4. The molecule has 102 valence electrons. The third-order valence-corrected chi connectivity index (χ3v) is 2.99. The van der Waals surface area contributed by atoms with Crippen molar-refractivity contribution < 1.29 is 9.13 Å². The van der Waals surface area contributed by atoms with Gasteiger partial charge in [0.1, 0.15) is 0 Å². The molecular weight excluding hydrogens is 245 g/mol. The van der Waals surface area contributed by atoms with Crippen molar-refractivity contribution in [2.24, 2.45) is 0 Å². The number of hydrogen-bond donors (Lipinski definition) is 1. The van der Waals surface area contributed by atoms with Crippen LogP contribution in [0.2, 0.25) is 0 Å². The van der Waals surface area contributed by atoms with Crippen molar-refractivity contribution in [3.63, 3.8) is 0 Å². The van der Waals surface area contributed by atoms with Gasteiger partial charge in [-0.3, -0.25) is 0 Å². The van der Waals surface area contributed by atoms with Gasteiger partial charge < -0.3 is 14.6 Å². The molecule has 0 radical (unpaired) electrons. The summed E-state index contributed by atoms with van der Waals surface area (Å²) in [5.74, 6) is -0.0933. The number of ether oxygens (including phenoxy) is 1. The van der Waals surface area contributed by atoms with Gasteiger partial charge in [-0.1, -0.05) is 0 Å². The SMILES string of the molecule is COc1cc(N(Cc2cnc[nH]2)C(C)C)ccc1F. The van der Waals surface area contributed by atoms with Crippen LogP contribution in [0.4, 0.5) is 10.1 Å². The molecule has 0 amide bonds. The summed E-state index contributed by atoms with van der Waals surface area (Å²) in [6, 6.07) is 5.18. The molecule has 1 heterocycles. The second-order valence-electron chi connectivity index (χ2n) is 4.62. The summed E-state index contributed by atoms with van der Waals surface area (Å²) in [7, 11) is 1.47. The smallest absolute Gasteiger partial charge is 0.165 e. The molecule has 0 spiro atoms. The highest BCUT2D eigenvalue weighted by Crippen LogP contribution is 2.26. The molecule has 0 aliphatic heterocycles. The molecular formula is C14H18FN3O. The van der Waals surface area contributed by atoms with Gasteiger partial charge in [-0.05, 0) is 26.0 Å². The molecule has 19 heavy (non-hydrogen) atoms. The summed E-state index contributed by atoms with van der Waals surface area (Å²) in [6.07, 6.45) is 3.44. The summed E-state index contributed by atoms with van der Waals surface area (Å²) >= 11 is 0. The van der Waals surface area contributed by atoms with Gasteiger partial charge in [0.2, 0.25) is 0 Å². The third kappa shape index (κ3) is 3.05. The Kier molecular flexibility index (Phi) is 4.04. The number of nitrogens with one attached hydrogen (secondary N) is 1. The topological polar surface area (TPSA) is 41.1 Å². The minimum Gasteiger partial charge on any atom is -0.494 e. The van der Waals surface area contributed by atoms with E-state index in [-0.39, 0.29) is 17.6 Å². The molecule has 0 saturated heterocycles. The van der Waals surface area contributed by atoms with Crippen molar-refractivity contribution in [1.29, 1.82) is 0 Å². The van der Waals surface area contributed by atoms with E-state index in [4.69, 9.17) is 4.74 Å². The molecule has 0 aliphatic carbocycles. The second kappa shape index (κ2) is 5.73. The van der Waals surface area contributed by atoms with Gasteiger partial charge in [-0.2, -0.15) is 0 Å². The Morgan fingerprint density at radius 2 is 2.21 bits per heavy atom. The first-order valence-corrected chi connectivity index (χ1v) is 6.19. The molecule has 2 rings (SSSR count). The maximum Gasteiger partial charge on any atom is 0.165 e. The van der Waals surface area contributed by atoms with Crippen molar-refractivity contribution in [2.45, 2.75) is 26.4 Å². The number of nitrogens with zero attached hydrogens (tertiary/aromatic N) is 2. The summed E-state index contributed by atoms with van der Waals surface area (Å²) in [4.78, 5) is 9.23. The number of H-pyrrole nitrogens is 1. The Morgan fingerprint density at radius 3 is 2.79 bits per heavy atom. The van der Waals surface area contributed by atoms with Crippen LogP contribution in [0.3, 0.4) is 0 Å². The molecule has 1 aromatic carbocycles. The molecule has 0 aliphatic rings. The molecule has 0 atom stereocenters. The average molecular weight is 263 g/mol. The van der Waals surface area contributed by atoms with Gasteiger partial charge in [0, 0.05) is 24.0 Å². The number of anilines is 1. The number of aromatic amines is 1. The van der Waals surface area contributed by atoms with Crippen LogP contribution in [0.25, 0.3) is 0 Å². The first-order valence-electron chi connectivity index (χ1n) is 6.19. The molecule has 4 nitrogen and oxygen atoms in total. The number of aromatic nitrogens is 2. The third-order valence-electron chi connectivity index (χ3n) is 2.99. The monoisotopic (exact) mass is 263 g/mol. The van der Waals surface area contributed by atoms with Crippen LogP contribution in [0.5, 0.6) is 5.75 Å². The molecule has 0 saturated carbocycles. The van der Waals surface area contributed by atoms with Crippen molar-refractivity contribution in [3.8, 4) is 5.75 Å². The minimum absolute atomic E-state index is 0.257. The Balaban J connectivity index is 2.28. The number of benzene rings is 1. The Morgan fingerprint density at radius 1 is 1.42 bits per heavy atom. The summed E-state index contributed by atoms with van der Waals surface area (Å²) in [6.45, 7) is 4.87. The van der Waals surface area contributed by atoms with E-state index in [2.05, 4.69) is 28.7 Å². The lowest BCUT2D eigenvalue weighted by molar-refractivity contribution is 0.386. The molecule has 1 N–H and O–H groups in total. The second-order valence-corrected chi connectivity index (χ2v) is 4.62. The maximum atomic E-state index is 13.5. The highest BCUT2D eigenvalue weighted by atomic mass is 19.1. The Labute approximate surface area is 112 Å². The lowest BCUT2D eigenvalue weighted by Gasteiger charge is -2.28. The lowest BCUT2D eigenvalue weighted by atomic mass is 10.2. The van der Waals surface area contributed by atoms with Gasteiger partial charge in [-0.25, -0.2) is 9.37 Å². The molecule has 0 unspecified atom stereocenters. The fraction of sp³-hybridized carbons (Fsp3) is 0.357. The van der Waals surface area contributed by atoms with E-state index in [0.29, 0.717) is 6.54 Å². The number of imidazole rings is 1. The number of methoxy groups -OCH3 is 1. The number of halogens is 1. The first kappa shape index (κ1) is 13.4. The van der Waals surface area contributed by atoms with E-state index in [1.54, 1.807) is 24.7 Å². The molecule has 0 bridgehead atoms. The van der Waals surface area contributed by atoms with Crippen LogP contribution in [-0.4, -0.2) is 23.1 Å². The first-order chi connectivity index (χ1) is 9.11. The average Bonchev–Trinajstić information content (AvgIpc) is 2.89. The normalized spacial score (nSPS) is 10.8. The maximum absolute atomic E-state index is 13.5. The lowest BCUT2D eigenvalue weighted by Crippen LogP contribution is -2.30. The minimum atomic E-state index is -0.350. The molecule has 2 aromatic rings. The quantitative estimate of drug-likeness (QED) is 0.901. The van der Waals surface area contributed by atoms with Crippen LogP contribution in [0, 0.1) is 5.82 Å². The van der Waals surface area contributed by atoms with E-state index >= 15 is 0 Å². The predicted octanol–water partition coefficient (Wildman–Crippen LogP) is 2.97. The van der Waals surface area contributed by atoms with Gasteiger partial charge >= 0.3 is 0 Å². The Hall–Kier alpha value is -2.04. The summed E-state index contributed by atoms with van der Waals surface area (Å²) < 4.78 is 18.5. The highest BCUT2D eigenvalue weighted by molar-refractivity contribution is 5.52. The van der Waals surface area contributed by atoms with Crippen LogP contribution >= 0.6 is 0 Å². The van der Waals surface area contributed by atoms with E-state index in [1.165, 1.54) is 13.2 Å². The predicted molar refractivity (Wildman–Crippen MR) is 72.9 cm³/mol. The zero-order valence-corrected chi connectivity index (χ0v) is 11.4. The van der Waals surface area contributed by atoms with E-state index < -0.39 is 0 Å². The van der Waals surface area contributed by atoms with Crippen molar-refractivity contribution >= 4 is 5.69 Å². The van der Waals surface area contributed by atoms with E-state index in [1.807, 2.05) is 0 Å². The largest absolute Gasteiger partial charge is 0.494 e. The molecule has 0 fully saturated rings. The van der Waals surface area contributed by atoms with Crippen molar-refractivity contribution in [1.82, 2.24) is 9.97 Å². The van der Waals surface area contributed by atoms with Gasteiger partial charge in [-0.15, -0.1) is 0 Å². The fourth-order valence-corrected chi connectivity index (χ4v) is 1.95. The fourth-order valence-electron chi connectivity index (χ4n) is 1.95. The number of hydrogen-bond acceptors (Lipinski definition) is 3. The molecule has 1 aromatic heterocycles. The summed E-state index contributed by atoms with van der Waals surface area (Å²) in [5.41, 5.74) is 1.93. The van der Waals surface area contributed by atoms with Crippen molar-refractivity contribution in [2.75, 3.05) is 12.0 Å². The van der Waals surface area contributed by atoms with Crippen LogP contribution in [0.15, 0.2) is 30.7 Å². The standard InChI is InChI=1S/C14H18FN3O/c1-10(2)18(8-11-7-16-9-17-11)12-4-5-13(15)14(6-12)19-3/h4-7,9-10H,8H2,1-3H3,(H,16,17). The zero-order chi connectivity index (χ0) is 13.8. The van der Waals surface area contributed by atoms with Crippen LogP contribution in [0.1, 0.15) is 19.5 Å². The number of rotatable bonds is 5. The van der Waals surface area contributed by atoms with Gasteiger partial charge in [0.15, 0.2) is 11.6 Å². The van der Waals surface area contributed by atoms with E-state index in [0.717, 1.165) is 11.4 Å². The van der Waals surface area contributed by atoms with Crippen molar-refractivity contribution in [3.05, 3.63) is 42.2 Å². The van der Waals surface area contributed by atoms with Crippen LogP contribution < -0.4 is 9.64 Å². The van der Waals surface area contributed by atoms with E-state index in [9.17, 15) is 4.39 Å². The van der Waals surface area contributed by atoms with Gasteiger partial charge in [0.05, 0.1) is 25.7 Å². The van der Waals surface area contributed by atoms with Crippen LogP contribution in [-0.2, 0) is 6.54 Å². The Bertz CT molecular complexity index is 525. The highest BCUT2D eigenvalue weighted by Gasteiger charge is 2.14.